The number of likely N-dealkylation sites (N-methyl/N-ethyl adjacent to an activating group) is 1. The second-order valence-electron chi connectivity index (χ2n) is 6.12. The van der Waals surface area contributed by atoms with Crippen LogP contribution < -0.4 is 16.4 Å². The van der Waals surface area contributed by atoms with Crippen molar-refractivity contribution in [1.29, 1.82) is 0 Å². The van der Waals surface area contributed by atoms with Crippen molar-refractivity contribution in [3.8, 4) is 0 Å². The van der Waals surface area contributed by atoms with E-state index in [9.17, 15) is 18.8 Å². The van der Waals surface area contributed by atoms with Crippen LogP contribution >= 0.6 is 11.6 Å². The van der Waals surface area contributed by atoms with Crippen molar-refractivity contribution in [2.45, 2.75) is 12.5 Å². The molecule has 28 heavy (non-hydrogen) atoms. The van der Waals surface area contributed by atoms with Crippen LogP contribution in [-0.4, -0.2) is 36.3 Å². The molecule has 0 radical (unpaired) electrons. The lowest BCUT2D eigenvalue weighted by atomic mass is 10.0. The Morgan fingerprint density at radius 2 is 1.71 bits per heavy atom. The number of primary amides is 1. The summed E-state index contributed by atoms with van der Waals surface area (Å²) in [5.74, 6) is -1.23. The van der Waals surface area contributed by atoms with Gasteiger partial charge in [0.15, 0.2) is 0 Å². The summed E-state index contributed by atoms with van der Waals surface area (Å²) in [7, 11) is 1.47. The second kappa shape index (κ2) is 9.70. The molecule has 0 aliphatic heterocycles. The number of nitrogens with two attached hydrogens (primary N) is 1. The van der Waals surface area contributed by atoms with Crippen molar-refractivity contribution in [3.05, 3.63) is 64.9 Å². The number of hydrogen-bond acceptors (Lipinski definition) is 3. The molecule has 0 saturated heterocycles. The van der Waals surface area contributed by atoms with E-state index in [0.717, 1.165) is 0 Å². The van der Waals surface area contributed by atoms with E-state index in [1.807, 2.05) is 0 Å². The molecule has 7 nitrogen and oxygen atoms in total. The molecule has 0 fully saturated rings. The zero-order valence-corrected chi connectivity index (χ0v) is 15.9. The molecule has 0 bridgehead atoms. The van der Waals surface area contributed by atoms with Crippen LogP contribution in [0.5, 0.6) is 0 Å². The molecule has 0 aromatic heterocycles. The van der Waals surface area contributed by atoms with E-state index in [2.05, 4.69) is 10.6 Å². The average Bonchev–Trinajstić information content (AvgIpc) is 2.63. The van der Waals surface area contributed by atoms with Crippen molar-refractivity contribution in [2.24, 2.45) is 5.73 Å². The Balaban J connectivity index is 1.97. The minimum atomic E-state index is -0.774. The Hall–Kier alpha value is -3.13. The number of amides is 4. The Bertz CT molecular complexity index is 843. The largest absolute Gasteiger partial charge is 0.352 e. The number of rotatable bonds is 7. The number of carbonyl (C=O) groups excluding carboxylic acids is 3. The molecule has 0 saturated carbocycles. The smallest absolute Gasteiger partial charge is 0.312 e. The monoisotopic (exact) mass is 406 g/mol. The summed E-state index contributed by atoms with van der Waals surface area (Å²) >= 11 is 5.86. The van der Waals surface area contributed by atoms with Gasteiger partial charge in [0.2, 0.25) is 11.8 Å². The van der Waals surface area contributed by atoms with Gasteiger partial charge in [-0.1, -0.05) is 23.7 Å². The summed E-state index contributed by atoms with van der Waals surface area (Å²) in [6.07, 6.45) is -0.0924. The molecule has 9 heteroatoms. The van der Waals surface area contributed by atoms with Gasteiger partial charge in [0.25, 0.3) is 0 Å². The third-order valence-corrected chi connectivity index (χ3v) is 4.15. The number of urea groups is 1. The summed E-state index contributed by atoms with van der Waals surface area (Å²) in [4.78, 5) is 37.1. The summed E-state index contributed by atoms with van der Waals surface area (Å²) in [5.41, 5.74) is 6.27. The van der Waals surface area contributed by atoms with Crippen LogP contribution in [0.15, 0.2) is 48.5 Å². The van der Waals surface area contributed by atoms with Gasteiger partial charge in [-0.2, -0.15) is 0 Å². The fourth-order valence-corrected chi connectivity index (χ4v) is 2.61. The Morgan fingerprint density at radius 1 is 1.11 bits per heavy atom. The molecule has 0 aliphatic carbocycles. The average molecular weight is 407 g/mol. The molecule has 2 rings (SSSR count). The number of hydrogen-bond donors (Lipinski definition) is 3. The molecular weight excluding hydrogens is 387 g/mol. The van der Waals surface area contributed by atoms with Crippen LogP contribution in [0.4, 0.5) is 14.9 Å². The van der Waals surface area contributed by atoms with Crippen molar-refractivity contribution in [2.75, 3.05) is 18.9 Å². The van der Waals surface area contributed by atoms with Crippen LogP contribution in [0.2, 0.25) is 5.02 Å². The maximum atomic E-state index is 12.9. The van der Waals surface area contributed by atoms with Crippen molar-refractivity contribution in [1.82, 2.24) is 10.2 Å². The molecule has 0 aliphatic rings. The van der Waals surface area contributed by atoms with E-state index in [4.69, 9.17) is 17.3 Å². The van der Waals surface area contributed by atoms with E-state index < -0.39 is 23.8 Å². The molecule has 4 N–H and O–H groups in total. The quantitative estimate of drug-likeness (QED) is 0.658. The molecule has 148 valence electrons. The Morgan fingerprint density at radius 3 is 2.29 bits per heavy atom. The molecule has 4 amide bonds. The van der Waals surface area contributed by atoms with E-state index >= 15 is 0 Å². The number of carbonyl (C=O) groups is 3. The van der Waals surface area contributed by atoms with Gasteiger partial charge >= 0.3 is 6.03 Å². The zero-order chi connectivity index (χ0) is 20.7. The molecule has 2 aromatic rings. The highest BCUT2D eigenvalue weighted by molar-refractivity contribution is 6.30. The fraction of sp³-hybridized carbons (Fsp3) is 0.211. The van der Waals surface area contributed by atoms with Gasteiger partial charge in [0, 0.05) is 17.8 Å². The highest BCUT2D eigenvalue weighted by Crippen LogP contribution is 2.20. The van der Waals surface area contributed by atoms with Crippen molar-refractivity contribution >= 4 is 35.1 Å². The second-order valence-corrected chi connectivity index (χ2v) is 6.56. The number of halogens is 2. The van der Waals surface area contributed by atoms with E-state index in [0.29, 0.717) is 16.3 Å². The number of benzene rings is 2. The number of anilines is 1. The highest BCUT2D eigenvalue weighted by Gasteiger charge is 2.21. The van der Waals surface area contributed by atoms with Gasteiger partial charge in [-0.3, -0.25) is 9.59 Å². The first-order valence-electron chi connectivity index (χ1n) is 8.35. The third kappa shape index (κ3) is 6.55. The van der Waals surface area contributed by atoms with Gasteiger partial charge in [0.05, 0.1) is 19.0 Å². The van der Waals surface area contributed by atoms with Gasteiger partial charge in [-0.15, -0.1) is 0 Å². The molecule has 2 aromatic carbocycles. The summed E-state index contributed by atoms with van der Waals surface area (Å²) in [5, 5.41) is 5.60. The minimum Gasteiger partial charge on any atom is -0.352 e. The van der Waals surface area contributed by atoms with Crippen LogP contribution in [0.25, 0.3) is 0 Å². The lowest BCUT2D eigenvalue weighted by molar-refractivity contribution is -0.133. The highest BCUT2D eigenvalue weighted by atomic mass is 35.5. The van der Waals surface area contributed by atoms with Gasteiger partial charge in [0.1, 0.15) is 5.82 Å². The van der Waals surface area contributed by atoms with Gasteiger partial charge in [-0.05, 0) is 42.0 Å². The third-order valence-electron chi connectivity index (χ3n) is 3.90. The molecule has 1 atom stereocenters. The number of nitrogens with zero attached hydrogens (tertiary/aromatic N) is 1. The zero-order valence-electron chi connectivity index (χ0n) is 15.1. The van der Waals surface area contributed by atoms with Crippen LogP contribution in [0.3, 0.4) is 0 Å². The number of nitrogens with one attached hydrogen (secondary N) is 2. The van der Waals surface area contributed by atoms with Crippen LogP contribution in [0, 0.1) is 5.82 Å². The fourth-order valence-electron chi connectivity index (χ4n) is 2.49. The normalized spacial score (nSPS) is 11.4. The van der Waals surface area contributed by atoms with E-state index in [1.54, 1.807) is 24.3 Å². The minimum absolute atomic E-state index is 0.0924. The van der Waals surface area contributed by atoms with Crippen molar-refractivity contribution in [3.63, 3.8) is 0 Å². The Kier molecular flexibility index (Phi) is 7.34. The van der Waals surface area contributed by atoms with Gasteiger partial charge in [-0.25, -0.2) is 9.18 Å². The SMILES string of the molecule is CN(CC(=O)Nc1ccc(F)cc1)C(=O)C[C@H](NC(N)=O)c1ccc(Cl)cc1. The summed E-state index contributed by atoms with van der Waals surface area (Å²) < 4.78 is 12.9. The van der Waals surface area contributed by atoms with Crippen molar-refractivity contribution < 1.29 is 18.8 Å². The first-order valence-corrected chi connectivity index (χ1v) is 8.73. The molecule has 0 spiro atoms. The first-order chi connectivity index (χ1) is 13.2. The topological polar surface area (TPSA) is 105 Å². The first kappa shape index (κ1) is 21.2. The van der Waals surface area contributed by atoms with E-state index in [1.165, 1.54) is 36.2 Å². The van der Waals surface area contributed by atoms with Gasteiger partial charge < -0.3 is 21.3 Å². The molecule has 0 heterocycles. The predicted molar refractivity (Wildman–Crippen MR) is 104 cm³/mol. The lowest BCUT2D eigenvalue weighted by Crippen LogP contribution is -2.39. The maximum Gasteiger partial charge on any atom is 0.312 e. The summed E-state index contributed by atoms with van der Waals surface area (Å²) in [6.45, 7) is -0.208. The van der Waals surface area contributed by atoms with Crippen LogP contribution in [-0.2, 0) is 9.59 Å². The molecular formula is C19H20ClFN4O3. The standard InChI is InChI=1S/C19H20ClFN4O3/c1-25(11-17(26)23-15-8-6-14(21)7-9-15)18(27)10-16(24-19(22)28)12-2-4-13(20)5-3-12/h2-9,16H,10-11H2,1H3,(H,23,26)(H3,22,24,28)/t16-/m0/s1. The van der Waals surface area contributed by atoms with Crippen LogP contribution in [0.1, 0.15) is 18.0 Å². The maximum absolute atomic E-state index is 12.9. The lowest BCUT2D eigenvalue weighted by Gasteiger charge is -2.22. The Labute approximate surface area is 166 Å². The predicted octanol–water partition coefficient (Wildman–Crippen LogP) is 2.68. The summed E-state index contributed by atoms with van der Waals surface area (Å²) in [6, 6.07) is 10.5. The van der Waals surface area contributed by atoms with E-state index in [-0.39, 0.29) is 18.9 Å². The molecule has 0 unspecified atom stereocenters.